The number of nitrogens with two attached hydrogens (primary N) is 1. The second-order valence-corrected chi connectivity index (χ2v) is 4.28. The van der Waals surface area contributed by atoms with E-state index in [2.05, 4.69) is 0 Å². The van der Waals surface area contributed by atoms with Crippen molar-refractivity contribution in [2.75, 3.05) is 24.8 Å². The lowest BCUT2D eigenvalue weighted by Gasteiger charge is -2.19. The molecule has 0 saturated heterocycles. The Hall–Kier alpha value is -2.56. The smallest absolute Gasteiger partial charge is 0.264 e. The van der Waals surface area contributed by atoms with Gasteiger partial charge in [-0.2, -0.15) is 0 Å². The van der Waals surface area contributed by atoms with Crippen molar-refractivity contribution in [3.05, 3.63) is 53.8 Å². The Morgan fingerprint density at radius 1 is 1.25 bits per heavy atom. The van der Waals surface area contributed by atoms with E-state index in [0.29, 0.717) is 11.4 Å². The van der Waals surface area contributed by atoms with E-state index >= 15 is 0 Å². The van der Waals surface area contributed by atoms with Gasteiger partial charge in [0.05, 0.1) is 7.11 Å². The molecule has 1 amide bonds. The number of hydrogen-bond acceptors (Lipinski definition) is 3. The van der Waals surface area contributed by atoms with Crippen LogP contribution in [0.2, 0.25) is 0 Å². The number of rotatable bonds is 3. The topological polar surface area (TPSA) is 55.6 Å². The Morgan fingerprint density at radius 2 is 1.95 bits per heavy atom. The van der Waals surface area contributed by atoms with E-state index in [4.69, 9.17) is 10.5 Å². The van der Waals surface area contributed by atoms with Crippen molar-refractivity contribution in [2.45, 2.75) is 0 Å². The molecule has 0 unspecified atom stereocenters. The fraction of sp³-hybridized carbons (Fsp3) is 0.133. The van der Waals surface area contributed by atoms with Gasteiger partial charge < -0.3 is 15.4 Å². The van der Waals surface area contributed by atoms with Gasteiger partial charge in [-0.1, -0.05) is 12.1 Å². The number of hydrogen-bond donors (Lipinski definition) is 1. The molecule has 0 bridgehead atoms. The van der Waals surface area contributed by atoms with E-state index in [1.54, 1.807) is 37.4 Å². The molecule has 2 rings (SSSR count). The van der Waals surface area contributed by atoms with Crippen LogP contribution in [0.3, 0.4) is 0 Å². The fourth-order valence-electron chi connectivity index (χ4n) is 1.90. The van der Waals surface area contributed by atoms with Crippen LogP contribution in [0.15, 0.2) is 42.5 Å². The number of amides is 1. The Kier molecular flexibility index (Phi) is 3.89. The summed E-state index contributed by atoms with van der Waals surface area (Å²) in [7, 11) is 2.95. The minimum atomic E-state index is -0.620. The standard InChI is InChI=1S/C15H15FN2O2/c1-18(11-6-3-5-10(17)9-11)15(19)14-12(16)7-4-8-13(14)20-2/h3-9H,17H2,1-2H3. The molecule has 0 saturated carbocycles. The fourth-order valence-corrected chi connectivity index (χ4v) is 1.90. The third-order valence-electron chi connectivity index (χ3n) is 2.97. The molecule has 0 fully saturated rings. The second-order valence-electron chi connectivity index (χ2n) is 4.28. The average molecular weight is 274 g/mol. The molecule has 0 aliphatic carbocycles. The molecule has 0 aliphatic heterocycles. The molecule has 2 aromatic carbocycles. The first-order valence-corrected chi connectivity index (χ1v) is 6.00. The normalized spacial score (nSPS) is 10.2. The van der Waals surface area contributed by atoms with Gasteiger partial charge >= 0.3 is 0 Å². The van der Waals surface area contributed by atoms with Crippen molar-refractivity contribution in [2.24, 2.45) is 0 Å². The lowest BCUT2D eigenvalue weighted by Crippen LogP contribution is -2.27. The van der Waals surface area contributed by atoms with Crippen molar-refractivity contribution in [3.63, 3.8) is 0 Å². The van der Waals surface area contributed by atoms with Crippen LogP contribution in [-0.4, -0.2) is 20.1 Å². The van der Waals surface area contributed by atoms with Crippen LogP contribution >= 0.6 is 0 Å². The largest absolute Gasteiger partial charge is 0.496 e. The molecule has 5 heteroatoms. The van der Waals surface area contributed by atoms with Crippen LogP contribution in [0.4, 0.5) is 15.8 Å². The SMILES string of the molecule is COc1cccc(F)c1C(=O)N(C)c1cccc(N)c1. The molecule has 0 aliphatic rings. The molecular formula is C15H15FN2O2. The van der Waals surface area contributed by atoms with Gasteiger partial charge in [0.25, 0.3) is 5.91 Å². The number of benzene rings is 2. The first kappa shape index (κ1) is 13.9. The second kappa shape index (κ2) is 5.61. The van der Waals surface area contributed by atoms with Crippen molar-refractivity contribution < 1.29 is 13.9 Å². The van der Waals surface area contributed by atoms with E-state index in [-0.39, 0.29) is 11.3 Å². The predicted octanol–water partition coefficient (Wildman–Crippen LogP) is 2.69. The van der Waals surface area contributed by atoms with Crippen LogP contribution in [-0.2, 0) is 0 Å². The summed E-state index contributed by atoms with van der Waals surface area (Å²) in [5.41, 5.74) is 6.70. The Morgan fingerprint density at radius 3 is 2.60 bits per heavy atom. The summed E-state index contributed by atoms with van der Waals surface area (Å²) in [6, 6.07) is 11.1. The first-order valence-electron chi connectivity index (χ1n) is 6.00. The Bertz CT molecular complexity index is 644. The summed E-state index contributed by atoms with van der Waals surface area (Å²) < 4.78 is 18.9. The van der Waals surface area contributed by atoms with Gasteiger partial charge in [0.2, 0.25) is 0 Å². The van der Waals surface area contributed by atoms with Crippen LogP contribution in [0.25, 0.3) is 0 Å². The molecule has 2 N–H and O–H groups in total. The molecule has 20 heavy (non-hydrogen) atoms. The molecular weight excluding hydrogens is 259 g/mol. The molecule has 0 heterocycles. The monoisotopic (exact) mass is 274 g/mol. The van der Waals surface area contributed by atoms with Crippen LogP contribution in [0.1, 0.15) is 10.4 Å². The quantitative estimate of drug-likeness (QED) is 0.875. The molecule has 0 atom stereocenters. The van der Waals surface area contributed by atoms with Crippen molar-refractivity contribution in [1.29, 1.82) is 0 Å². The maximum absolute atomic E-state index is 13.9. The molecule has 104 valence electrons. The summed E-state index contributed by atoms with van der Waals surface area (Å²) in [6.45, 7) is 0. The third kappa shape index (κ3) is 2.56. The van der Waals surface area contributed by atoms with Crippen LogP contribution in [0, 0.1) is 5.82 Å². The molecule has 0 aromatic heterocycles. The number of halogens is 1. The van der Waals surface area contributed by atoms with Gasteiger partial charge in [0.15, 0.2) is 0 Å². The third-order valence-corrected chi connectivity index (χ3v) is 2.97. The van der Waals surface area contributed by atoms with Crippen molar-refractivity contribution in [3.8, 4) is 5.75 Å². The van der Waals surface area contributed by atoms with E-state index in [1.165, 1.54) is 24.1 Å². The van der Waals surface area contributed by atoms with Gasteiger partial charge in [-0.05, 0) is 30.3 Å². The number of nitrogens with zero attached hydrogens (tertiary/aromatic N) is 1. The van der Waals surface area contributed by atoms with Gasteiger partial charge in [-0.25, -0.2) is 4.39 Å². The maximum atomic E-state index is 13.9. The highest BCUT2D eigenvalue weighted by Crippen LogP contribution is 2.25. The van der Waals surface area contributed by atoms with E-state index in [0.717, 1.165) is 0 Å². The number of carbonyl (C=O) groups excluding carboxylic acids is 1. The minimum Gasteiger partial charge on any atom is -0.496 e. The van der Waals surface area contributed by atoms with Crippen LogP contribution in [0.5, 0.6) is 5.75 Å². The number of anilines is 2. The summed E-state index contributed by atoms with van der Waals surface area (Å²) in [5.74, 6) is -0.915. The highest BCUT2D eigenvalue weighted by molar-refractivity contribution is 6.07. The zero-order valence-electron chi connectivity index (χ0n) is 11.3. The van der Waals surface area contributed by atoms with Gasteiger partial charge in [0.1, 0.15) is 17.1 Å². The average Bonchev–Trinajstić information content (AvgIpc) is 2.45. The lowest BCUT2D eigenvalue weighted by atomic mass is 10.1. The lowest BCUT2D eigenvalue weighted by molar-refractivity contribution is 0.0986. The van der Waals surface area contributed by atoms with E-state index < -0.39 is 11.7 Å². The number of ether oxygens (including phenoxy) is 1. The number of methoxy groups -OCH3 is 1. The zero-order chi connectivity index (χ0) is 14.7. The van der Waals surface area contributed by atoms with Gasteiger partial charge in [-0.3, -0.25) is 4.79 Å². The maximum Gasteiger partial charge on any atom is 0.264 e. The number of carbonyl (C=O) groups is 1. The molecule has 4 nitrogen and oxygen atoms in total. The molecule has 0 radical (unpaired) electrons. The van der Waals surface area contributed by atoms with E-state index in [1.807, 2.05) is 0 Å². The van der Waals surface area contributed by atoms with E-state index in [9.17, 15) is 9.18 Å². The Labute approximate surface area is 116 Å². The Balaban J connectivity index is 2.41. The zero-order valence-corrected chi connectivity index (χ0v) is 11.3. The van der Waals surface area contributed by atoms with Crippen molar-refractivity contribution in [1.82, 2.24) is 0 Å². The van der Waals surface area contributed by atoms with Gasteiger partial charge in [-0.15, -0.1) is 0 Å². The minimum absolute atomic E-state index is 0.0973. The summed E-state index contributed by atoms with van der Waals surface area (Å²) in [4.78, 5) is 13.8. The molecule has 0 spiro atoms. The highest BCUT2D eigenvalue weighted by Gasteiger charge is 2.22. The van der Waals surface area contributed by atoms with Crippen LogP contribution < -0.4 is 15.4 Å². The predicted molar refractivity (Wildman–Crippen MR) is 76.5 cm³/mol. The van der Waals surface area contributed by atoms with Crippen molar-refractivity contribution >= 4 is 17.3 Å². The summed E-state index contributed by atoms with van der Waals surface area (Å²) in [6.07, 6.45) is 0. The highest BCUT2D eigenvalue weighted by atomic mass is 19.1. The number of nitrogen functional groups attached to an aromatic ring is 1. The molecule has 2 aromatic rings. The first-order chi connectivity index (χ1) is 9.54. The van der Waals surface area contributed by atoms with Gasteiger partial charge in [0, 0.05) is 18.4 Å². The summed E-state index contributed by atoms with van der Waals surface area (Å²) >= 11 is 0. The summed E-state index contributed by atoms with van der Waals surface area (Å²) in [5, 5.41) is 0.